The molecule has 1 atom stereocenters. The quantitative estimate of drug-likeness (QED) is 0.339. The summed E-state index contributed by atoms with van der Waals surface area (Å²) in [4.78, 5) is 27.1. The second-order valence-electron chi connectivity index (χ2n) is 6.46. The maximum atomic E-state index is 12.3. The van der Waals surface area contributed by atoms with Crippen molar-refractivity contribution in [1.82, 2.24) is 14.9 Å². The van der Waals surface area contributed by atoms with Gasteiger partial charge in [-0.3, -0.25) is 14.9 Å². The van der Waals surface area contributed by atoms with E-state index in [4.69, 9.17) is 4.74 Å². The number of hydrogen-bond acceptors (Lipinski definition) is 5. The first-order valence-electron chi connectivity index (χ1n) is 9.28. The van der Waals surface area contributed by atoms with E-state index in [9.17, 15) is 14.9 Å². The summed E-state index contributed by atoms with van der Waals surface area (Å²) in [6, 6.07) is 14.3. The SMILES string of the molecule is CC(OCCCNC(=O)c1ccc(-n2ccnc2)c([N+](=O)[O-])c1)c1ccccc1. The van der Waals surface area contributed by atoms with Crippen LogP contribution in [-0.4, -0.2) is 33.5 Å². The van der Waals surface area contributed by atoms with Gasteiger partial charge in [0, 0.05) is 37.2 Å². The van der Waals surface area contributed by atoms with Crippen LogP contribution < -0.4 is 5.32 Å². The lowest BCUT2D eigenvalue weighted by molar-refractivity contribution is -0.384. The zero-order valence-corrected chi connectivity index (χ0v) is 16.0. The molecule has 1 unspecified atom stereocenters. The van der Waals surface area contributed by atoms with Crippen molar-refractivity contribution in [2.45, 2.75) is 19.4 Å². The topological polar surface area (TPSA) is 99.3 Å². The first-order chi connectivity index (χ1) is 14.1. The summed E-state index contributed by atoms with van der Waals surface area (Å²) in [5.74, 6) is -0.360. The third-order valence-electron chi connectivity index (χ3n) is 4.46. The lowest BCUT2D eigenvalue weighted by atomic mass is 10.1. The number of imidazole rings is 1. The molecule has 8 nitrogen and oxygen atoms in total. The Morgan fingerprint density at radius 3 is 2.76 bits per heavy atom. The number of nitro benzene ring substituents is 1. The number of nitrogens with one attached hydrogen (secondary N) is 1. The number of carbonyl (C=O) groups excluding carboxylic acids is 1. The highest BCUT2D eigenvalue weighted by Gasteiger charge is 2.18. The van der Waals surface area contributed by atoms with E-state index in [0.29, 0.717) is 25.3 Å². The molecule has 0 radical (unpaired) electrons. The molecule has 0 saturated carbocycles. The van der Waals surface area contributed by atoms with Crippen LogP contribution >= 0.6 is 0 Å². The molecule has 0 saturated heterocycles. The van der Waals surface area contributed by atoms with Crippen LogP contribution in [0.1, 0.15) is 35.4 Å². The summed E-state index contributed by atoms with van der Waals surface area (Å²) in [6.07, 6.45) is 5.23. The van der Waals surface area contributed by atoms with E-state index in [2.05, 4.69) is 10.3 Å². The molecule has 3 rings (SSSR count). The van der Waals surface area contributed by atoms with Crippen LogP contribution in [0.2, 0.25) is 0 Å². The van der Waals surface area contributed by atoms with Crippen molar-refractivity contribution >= 4 is 11.6 Å². The minimum absolute atomic E-state index is 0.0229. The highest BCUT2D eigenvalue weighted by atomic mass is 16.6. The summed E-state index contributed by atoms with van der Waals surface area (Å²) in [7, 11) is 0. The van der Waals surface area contributed by atoms with Gasteiger partial charge in [-0.2, -0.15) is 0 Å². The molecule has 0 aliphatic carbocycles. The fourth-order valence-corrected chi connectivity index (χ4v) is 2.89. The lowest BCUT2D eigenvalue weighted by Crippen LogP contribution is -2.25. The van der Waals surface area contributed by atoms with Gasteiger partial charge in [0.25, 0.3) is 11.6 Å². The average Bonchev–Trinajstić information content (AvgIpc) is 3.28. The molecular formula is C21H22N4O4. The molecule has 3 aromatic rings. The Bertz CT molecular complexity index is 958. The van der Waals surface area contributed by atoms with Crippen molar-refractivity contribution in [2.75, 3.05) is 13.2 Å². The molecule has 0 fully saturated rings. The number of benzene rings is 2. The van der Waals surface area contributed by atoms with Gasteiger partial charge in [0.15, 0.2) is 0 Å². The predicted octanol–water partition coefficient (Wildman–Crippen LogP) is 3.68. The average molecular weight is 394 g/mol. The van der Waals surface area contributed by atoms with E-state index in [1.807, 2.05) is 37.3 Å². The molecule has 1 heterocycles. The van der Waals surface area contributed by atoms with Gasteiger partial charge >= 0.3 is 0 Å². The molecule has 0 bridgehead atoms. The second kappa shape index (κ2) is 9.61. The number of rotatable bonds is 9. The highest BCUT2D eigenvalue weighted by molar-refractivity contribution is 5.95. The largest absolute Gasteiger partial charge is 0.374 e. The second-order valence-corrected chi connectivity index (χ2v) is 6.46. The third kappa shape index (κ3) is 5.26. The van der Waals surface area contributed by atoms with E-state index in [0.717, 1.165) is 5.56 Å². The molecule has 2 aromatic carbocycles. The number of amides is 1. The first kappa shape index (κ1) is 20.2. The number of nitro groups is 1. The zero-order chi connectivity index (χ0) is 20.6. The van der Waals surface area contributed by atoms with Crippen LogP contribution in [0.5, 0.6) is 0 Å². The van der Waals surface area contributed by atoms with Crippen molar-refractivity contribution < 1.29 is 14.5 Å². The van der Waals surface area contributed by atoms with Gasteiger partial charge in [-0.05, 0) is 31.0 Å². The summed E-state index contributed by atoms with van der Waals surface area (Å²) < 4.78 is 7.31. The molecule has 1 N–H and O–H groups in total. The predicted molar refractivity (Wildman–Crippen MR) is 108 cm³/mol. The van der Waals surface area contributed by atoms with Crippen molar-refractivity contribution in [3.05, 3.63) is 88.5 Å². The summed E-state index contributed by atoms with van der Waals surface area (Å²) >= 11 is 0. The normalized spacial score (nSPS) is 11.8. The van der Waals surface area contributed by atoms with E-state index >= 15 is 0 Å². The van der Waals surface area contributed by atoms with Crippen LogP contribution in [0.4, 0.5) is 5.69 Å². The highest BCUT2D eigenvalue weighted by Crippen LogP contribution is 2.24. The van der Waals surface area contributed by atoms with Gasteiger partial charge in [-0.1, -0.05) is 30.3 Å². The van der Waals surface area contributed by atoms with Crippen molar-refractivity contribution in [3.63, 3.8) is 0 Å². The van der Waals surface area contributed by atoms with Crippen molar-refractivity contribution in [2.24, 2.45) is 0 Å². The van der Waals surface area contributed by atoms with Gasteiger partial charge in [-0.25, -0.2) is 4.98 Å². The Hall–Kier alpha value is -3.52. The molecular weight excluding hydrogens is 372 g/mol. The van der Waals surface area contributed by atoms with Gasteiger partial charge < -0.3 is 14.6 Å². The first-order valence-corrected chi connectivity index (χ1v) is 9.28. The molecule has 150 valence electrons. The molecule has 1 amide bonds. The number of ether oxygens (including phenoxy) is 1. The maximum absolute atomic E-state index is 12.3. The van der Waals surface area contributed by atoms with Crippen LogP contribution in [0.25, 0.3) is 5.69 Å². The maximum Gasteiger partial charge on any atom is 0.294 e. The fourth-order valence-electron chi connectivity index (χ4n) is 2.89. The number of carbonyl (C=O) groups is 1. The lowest BCUT2D eigenvalue weighted by Gasteiger charge is -2.13. The minimum Gasteiger partial charge on any atom is -0.374 e. The standard InChI is InChI=1S/C21H22N4O4/c1-16(17-6-3-2-4-7-17)29-13-5-10-23-21(26)18-8-9-19(20(14-18)25(27)28)24-12-11-22-15-24/h2-4,6-9,11-12,14-16H,5,10,13H2,1H3,(H,23,26). The van der Waals surface area contributed by atoms with Crippen LogP contribution in [0, 0.1) is 10.1 Å². The van der Waals surface area contributed by atoms with Crippen molar-refractivity contribution in [1.29, 1.82) is 0 Å². The molecule has 8 heteroatoms. The summed E-state index contributed by atoms with van der Waals surface area (Å²) in [5, 5.41) is 14.2. The van der Waals surface area contributed by atoms with E-state index in [1.54, 1.807) is 18.3 Å². The van der Waals surface area contributed by atoms with Crippen LogP contribution in [0.15, 0.2) is 67.3 Å². The Balaban J connectivity index is 1.52. The number of nitrogens with zero attached hydrogens (tertiary/aromatic N) is 3. The smallest absolute Gasteiger partial charge is 0.294 e. The van der Waals surface area contributed by atoms with E-state index in [1.165, 1.54) is 23.2 Å². The Labute approximate surface area is 168 Å². The van der Waals surface area contributed by atoms with Gasteiger partial charge in [0.05, 0.1) is 17.4 Å². The van der Waals surface area contributed by atoms with Gasteiger partial charge in [0.2, 0.25) is 0 Å². The molecule has 1 aromatic heterocycles. The Morgan fingerprint density at radius 1 is 1.28 bits per heavy atom. The van der Waals surface area contributed by atoms with Gasteiger partial charge in [-0.15, -0.1) is 0 Å². The zero-order valence-electron chi connectivity index (χ0n) is 16.0. The van der Waals surface area contributed by atoms with Crippen molar-refractivity contribution in [3.8, 4) is 5.69 Å². The minimum atomic E-state index is -0.509. The molecule has 29 heavy (non-hydrogen) atoms. The number of aromatic nitrogens is 2. The fraction of sp³-hybridized carbons (Fsp3) is 0.238. The van der Waals surface area contributed by atoms with E-state index < -0.39 is 4.92 Å². The summed E-state index contributed by atoms with van der Waals surface area (Å²) in [5.41, 5.74) is 1.53. The molecule has 0 aliphatic rings. The molecule has 0 spiro atoms. The Morgan fingerprint density at radius 2 is 2.07 bits per heavy atom. The number of hydrogen-bond donors (Lipinski definition) is 1. The molecule has 0 aliphatic heterocycles. The van der Waals surface area contributed by atoms with Gasteiger partial charge in [0.1, 0.15) is 5.69 Å². The van der Waals surface area contributed by atoms with Crippen LogP contribution in [-0.2, 0) is 4.74 Å². The third-order valence-corrected chi connectivity index (χ3v) is 4.46. The summed E-state index contributed by atoms with van der Waals surface area (Å²) in [6.45, 7) is 2.89. The van der Waals surface area contributed by atoms with E-state index in [-0.39, 0.29) is 23.3 Å². The monoisotopic (exact) mass is 394 g/mol. The Kier molecular flexibility index (Phi) is 6.70. The van der Waals surface area contributed by atoms with Crippen LogP contribution in [0.3, 0.4) is 0 Å².